The normalized spacial score (nSPS) is 32.6. The van der Waals surface area contributed by atoms with Crippen molar-refractivity contribution in [3.8, 4) is 0 Å². The third-order valence-corrected chi connectivity index (χ3v) is 12.1. The van der Waals surface area contributed by atoms with E-state index in [1.165, 1.54) is 84.0 Å². The topological polar surface area (TPSA) is 12.0 Å². The fourth-order valence-electron chi connectivity index (χ4n) is 9.73. The van der Waals surface area contributed by atoms with Gasteiger partial charge in [0, 0.05) is 11.6 Å². The van der Waals surface area contributed by atoms with Crippen LogP contribution in [0.2, 0.25) is 0 Å². The Hall–Kier alpha value is -0.370. The van der Waals surface area contributed by atoms with Crippen LogP contribution in [0.5, 0.6) is 0 Å². The Kier molecular flexibility index (Phi) is 20.2. The molecule has 4 rings (SSSR count). The molecule has 2 heteroatoms. The molecule has 1 nitrogen and oxygen atoms in total. The van der Waals surface area contributed by atoms with Gasteiger partial charge < -0.3 is 5.32 Å². The molecule has 0 amide bonds. The highest BCUT2D eigenvalue weighted by Gasteiger charge is 2.51. The summed E-state index contributed by atoms with van der Waals surface area (Å²) in [6, 6.07) is 0.750. The molecule has 0 aromatic heterocycles. The molecule has 0 spiro atoms. The van der Waals surface area contributed by atoms with Crippen molar-refractivity contribution in [1.29, 1.82) is 0 Å². The minimum Gasteiger partial charge on any atom is -0.309 e. The highest BCUT2D eigenvalue weighted by Crippen LogP contribution is 2.59. The molecule has 0 aliphatic heterocycles. The number of nitrogens with one attached hydrogen (secondary N) is 1. The first-order valence-electron chi connectivity index (χ1n) is 19.1. The summed E-state index contributed by atoms with van der Waals surface area (Å²) in [5, 5.41) is 4.34. The maximum atomic E-state index is 10.3. The van der Waals surface area contributed by atoms with Crippen molar-refractivity contribution in [3.05, 3.63) is 12.7 Å². The molecule has 250 valence electrons. The van der Waals surface area contributed by atoms with E-state index >= 15 is 0 Å². The molecular formula is C40H78FN. The zero-order valence-electron chi connectivity index (χ0n) is 30.5. The van der Waals surface area contributed by atoms with Gasteiger partial charge in [-0.2, -0.15) is 0 Å². The van der Waals surface area contributed by atoms with E-state index in [1.54, 1.807) is 31.8 Å². The fourth-order valence-corrected chi connectivity index (χ4v) is 9.73. The van der Waals surface area contributed by atoms with Crippen LogP contribution in [0.4, 0.5) is 4.39 Å². The lowest BCUT2D eigenvalue weighted by atomic mass is 9.67. The molecule has 4 aliphatic rings. The Bertz CT molecular complexity index is 651. The summed E-state index contributed by atoms with van der Waals surface area (Å²) in [4.78, 5) is 0. The van der Waals surface area contributed by atoms with Crippen molar-refractivity contribution in [2.75, 3.05) is 6.67 Å². The molecule has 4 aliphatic carbocycles. The quantitative estimate of drug-likeness (QED) is 0.249. The van der Waals surface area contributed by atoms with Gasteiger partial charge in [0.25, 0.3) is 0 Å². The molecule has 0 saturated heterocycles. The van der Waals surface area contributed by atoms with E-state index in [-0.39, 0.29) is 12.2 Å². The monoisotopic (exact) mass is 592 g/mol. The van der Waals surface area contributed by atoms with E-state index in [9.17, 15) is 4.39 Å². The van der Waals surface area contributed by atoms with Crippen LogP contribution in [0.3, 0.4) is 0 Å². The zero-order valence-corrected chi connectivity index (χ0v) is 30.5. The van der Waals surface area contributed by atoms with Crippen LogP contribution in [0.1, 0.15) is 172 Å². The van der Waals surface area contributed by atoms with Crippen LogP contribution in [-0.4, -0.2) is 18.3 Å². The first-order chi connectivity index (χ1) is 20.2. The lowest BCUT2D eigenvalue weighted by Gasteiger charge is -2.44. The van der Waals surface area contributed by atoms with Gasteiger partial charge >= 0.3 is 0 Å². The predicted octanol–water partition coefficient (Wildman–Crippen LogP) is 12.8. The van der Waals surface area contributed by atoms with Crippen molar-refractivity contribution in [2.45, 2.75) is 184 Å². The van der Waals surface area contributed by atoms with Crippen LogP contribution >= 0.6 is 0 Å². The lowest BCUT2D eigenvalue weighted by molar-refractivity contribution is 0.0985. The molecule has 42 heavy (non-hydrogen) atoms. The van der Waals surface area contributed by atoms with Crippen LogP contribution in [0.15, 0.2) is 12.7 Å². The molecule has 0 bridgehead atoms. The van der Waals surface area contributed by atoms with Crippen molar-refractivity contribution in [1.82, 2.24) is 5.32 Å². The van der Waals surface area contributed by atoms with E-state index in [4.69, 9.17) is 0 Å². The second-order valence-electron chi connectivity index (χ2n) is 15.1. The van der Waals surface area contributed by atoms with E-state index < -0.39 is 0 Å². The summed E-state index contributed by atoms with van der Waals surface area (Å²) in [6.07, 6.45) is 25.6. The standard InChI is InChI=1S/C33H61N.C3H6.C2H5F.C2H6/c1-7-14-23(3)24(4)25-15-13-16-26(21-25)32(34-33(5,6)8-2)22-31-29-19-11-9-17-27(29)28-18-10-12-20-30(28)31;1-3-2;1-2-3;1-2/h23-32,34H,7-22H2,1-6H3;3H,1H2,2H3;2H2,1H3;1-2H3. The van der Waals surface area contributed by atoms with Crippen LogP contribution in [0, 0.1) is 53.3 Å². The maximum Gasteiger partial charge on any atom is 0.0866 e. The largest absolute Gasteiger partial charge is 0.309 e. The lowest BCUT2D eigenvalue weighted by Crippen LogP contribution is -2.51. The Morgan fingerprint density at radius 2 is 1.26 bits per heavy atom. The number of rotatable bonds is 10. The Labute approximate surface area is 265 Å². The van der Waals surface area contributed by atoms with Gasteiger partial charge in [-0.3, -0.25) is 4.39 Å². The van der Waals surface area contributed by atoms with Crippen molar-refractivity contribution in [2.24, 2.45) is 53.3 Å². The molecule has 9 atom stereocenters. The van der Waals surface area contributed by atoms with E-state index in [2.05, 4.69) is 53.4 Å². The first-order valence-corrected chi connectivity index (χ1v) is 19.1. The zero-order chi connectivity index (χ0) is 31.7. The summed E-state index contributed by atoms with van der Waals surface area (Å²) in [5.41, 5.74) is 0.273. The Morgan fingerprint density at radius 1 is 0.810 bits per heavy atom. The van der Waals surface area contributed by atoms with Gasteiger partial charge in [0.1, 0.15) is 0 Å². The summed E-state index contributed by atoms with van der Waals surface area (Å²) < 4.78 is 10.3. The van der Waals surface area contributed by atoms with Crippen molar-refractivity contribution in [3.63, 3.8) is 0 Å². The van der Waals surface area contributed by atoms with Gasteiger partial charge in [-0.05, 0) is 132 Å². The minimum absolute atomic E-state index is 0.250. The van der Waals surface area contributed by atoms with Crippen molar-refractivity contribution < 1.29 is 4.39 Å². The number of hydrogen-bond donors (Lipinski definition) is 1. The second-order valence-corrected chi connectivity index (χ2v) is 15.1. The molecule has 0 aromatic rings. The summed E-state index contributed by atoms with van der Waals surface area (Å²) in [6.45, 7) is 25.3. The van der Waals surface area contributed by atoms with Gasteiger partial charge in [-0.15, -0.1) is 6.58 Å². The predicted molar refractivity (Wildman–Crippen MR) is 188 cm³/mol. The smallest absolute Gasteiger partial charge is 0.0866 e. The van der Waals surface area contributed by atoms with Gasteiger partial charge in [-0.1, -0.05) is 99.0 Å². The number of fused-ring (bicyclic) bond motifs is 3. The molecule has 9 unspecified atom stereocenters. The number of halogens is 1. The fraction of sp³-hybridized carbons (Fsp3) is 0.950. The third kappa shape index (κ3) is 11.9. The molecule has 4 saturated carbocycles. The number of alkyl halides is 1. The highest BCUT2D eigenvalue weighted by atomic mass is 19.1. The summed E-state index contributed by atoms with van der Waals surface area (Å²) in [7, 11) is 0. The van der Waals surface area contributed by atoms with Gasteiger partial charge in [0.2, 0.25) is 0 Å². The molecular weight excluding hydrogens is 513 g/mol. The molecule has 1 N–H and O–H groups in total. The highest BCUT2D eigenvalue weighted by molar-refractivity contribution is 5.02. The van der Waals surface area contributed by atoms with Crippen molar-refractivity contribution >= 4 is 0 Å². The molecule has 0 heterocycles. The summed E-state index contributed by atoms with van der Waals surface area (Å²) in [5.74, 6) is 9.02. The third-order valence-electron chi connectivity index (χ3n) is 12.1. The van der Waals surface area contributed by atoms with Crippen LogP contribution in [-0.2, 0) is 0 Å². The van der Waals surface area contributed by atoms with E-state index in [0.29, 0.717) is 0 Å². The SMILES string of the molecule is C=CC.CC.CCCC(C)C(C)C1CCCC(C(CC2C3CCCCC3C3CCCCC32)NC(C)(C)CC)C1.CCF. The van der Waals surface area contributed by atoms with Crippen LogP contribution < -0.4 is 5.32 Å². The minimum atomic E-state index is -0.250. The molecule has 0 aromatic carbocycles. The van der Waals surface area contributed by atoms with Gasteiger partial charge in [0.05, 0.1) is 6.67 Å². The summed E-state index contributed by atoms with van der Waals surface area (Å²) >= 11 is 0. The van der Waals surface area contributed by atoms with Crippen LogP contribution in [0.25, 0.3) is 0 Å². The van der Waals surface area contributed by atoms with E-state index in [0.717, 1.165) is 59.3 Å². The molecule has 0 radical (unpaired) electrons. The number of hydrogen-bond acceptors (Lipinski definition) is 1. The molecule has 4 fully saturated rings. The Morgan fingerprint density at radius 3 is 1.71 bits per heavy atom. The Balaban J connectivity index is 0.000000998. The average Bonchev–Trinajstić information content (AvgIpc) is 3.32. The number of allylic oxidation sites excluding steroid dienone is 1. The second kappa shape index (κ2) is 21.4. The van der Waals surface area contributed by atoms with E-state index in [1.807, 2.05) is 20.8 Å². The first kappa shape index (κ1) is 39.7. The van der Waals surface area contributed by atoms with Gasteiger partial charge in [-0.25, -0.2) is 0 Å². The maximum absolute atomic E-state index is 10.3. The van der Waals surface area contributed by atoms with Gasteiger partial charge in [0.15, 0.2) is 0 Å². The average molecular weight is 592 g/mol.